The van der Waals surface area contributed by atoms with Crippen LogP contribution in [-0.4, -0.2) is 20.4 Å². The number of sulfonamides is 1. The van der Waals surface area contributed by atoms with Crippen LogP contribution >= 0.6 is 11.6 Å². The highest BCUT2D eigenvalue weighted by Gasteiger charge is 2.28. The van der Waals surface area contributed by atoms with E-state index in [9.17, 15) is 22.0 Å². The first kappa shape index (κ1) is 20.3. The van der Waals surface area contributed by atoms with Crippen LogP contribution in [0.25, 0.3) is 0 Å². The molecule has 9 heteroatoms. The zero-order chi connectivity index (χ0) is 19.5. The van der Waals surface area contributed by atoms with Crippen molar-refractivity contribution in [2.45, 2.75) is 24.8 Å². The molecular weight excluding hydrogens is 386 g/mol. The summed E-state index contributed by atoms with van der Waals surface area (Å²) in [6, 6.07) is 7.33. The van der Waals surface area contributed by atoms with Crippen molar-refractivity contribution in [3.8, 4) is 0 Å². The molecule has 0 saturated carbocycles. The Morgan fingerprint density at radius 1 is 1.08 bits per heavy atom. The Hall–Kier alpha value is -2.03. The number of carbonyl (C=O) groups is 1. The second kappa shape index (κ2) is 8.11. The maximum atomic E-state index is 13.3. The average molecular weight is 403 g/mol. The van der Waals surface area contributed by atoms with E-state index in [4.69, 9.17) is 11.6 Å². The molecule has 0 bridgehead atoms. The van der Waals surface area contributed by atoms with E-state index in [0.29, 0.717) is 0 Å². The van der Waals surface area contributed by atoms with Gasteiger partial charge in [-0.25, -0.2) is 17.2 Å². The van der Waals surface area contributed by atoms with E-state index in [1.165, 1.54) is 30.3 Å². The third-order valence-electron chi connectivity index (χ3n) is 3.52. The van der Waals surface area contributed by atoms with Crippen molar-refractivity contribution < 1.29 is 22.0 Å². The van der Waals surface area contributed by atoms with Gasteiger partial charge in [-0.2, -0.15) is 4.72 Å². The number of nitrogens with one attached hydrogen (secondary N) is 2. The number of hydrogen-bond acceptors (Lipinski definition) is 3. The van der Waals surface area contributed by atoms with E-state index in [2.05, 4.69) is 10.0 Å². The van der Waals surface area contributed by atoms with E-state index in [0.717, 1.165) is 12.1 Å². The van der Waals surface area contributed by atoms with Gasteiger partial charge in [0.15, 0.2) is 11.6 Å². The lowest BCUT2D eigenvalue weighted by molar-refractivity contribution is -0.118. The van der Waals surface area contributed by atoms with Crippen LogP contribution in [0.5, 0.6) is 0 Å². The first-order chi connectivity index (χ1) is 12.1. The molecule has 0 aliphatic carbocycles. The van der Waals surface area contributed by atoms with E-state index < -0.39 is 39.5 Å². The normalized spacial score (nSPS) is 12.8. The molecular formula is C17H17ClF2N2O3S. The van der Waals surface area contributed by atoms with Crippen LogP contribution in [0.4, 0.5) is 14.5 Å². The minimum atomic E-state index is -4.01. The zero-order valence-corrected chi connectivity index (χ0v) is 15.5. The predicted octanol–water partition coefficient (Wildman–Crippen LogP) is 3.56. The monoisotopic (exact) mass is 402 g/mol. The summed E-state index contributed by atoms with van der Waals surface area (Å²) in [6.45, 7) is 3.30. The molecule has 26 heavy (non-hydrogen) atoms. The Balaban J connectivity index is 2.22. The molecule has 140 valence electrons. The highest BCUT2D eigenvalue weighted by molar-refractivity contribution is 7.89. The molecule has 0 fully saturated rings. The summed E-state index contributed by atoms with van der Waals surface area (Å²) < 4.78 is 53.6. The molecule has 0 unspecified atom stereocenters. The van der Waals surface area contributed by atoms with Crippen molar-refractivity contribution in [2.24, 2.45) is 5.92 Å². The lowest BCUT2D eigenvalue weighted by Crippen LogP contribution is -2.47. The van der Waals surface area contributed by atoms with Crippen molar-refractivity contribution in [1.29, 1.82) is 0 Å². The van der Waals surface area contributed by atoms with E-state index in [1.807, 2.05) is 0 Å². The number of carbonyl (C=O) groups excluding carboxylic acids is 1. The topological polar surface area (TPSA) is 75.3 Å². The van der Waals surface area contributed by atoms with E-state index in [1.54, 1.807) is 13.8 Å². The van der Waals surface area contributed by atoms with Crippen molar-refractivity contribution in [3.63, 3.8) is 0 Å². The maximum absolute atomic E-state index is 13.3. The third-order valence-corrected chi connectivity index (χ3v) is 5.20. The molecule has 2 N–H and O–H groups in total. The summed E-state index contributed by atoms with van der Waals surface area (Å²) in [7, 11) is -4.01. The summed E-state index contributed by atoms with van der Waals surface area (Å²) in [5.74, 6) is -3.28. The van der Waals surface area contributed by atoms with Crippen LogP contribution < -0.4 is 10.0 Å². The molecule has 2 aromatic rings. The van der Waals surface area contributed by atoms with Crippen LogP contribution in [0, 0.1) is 17.6 Å². The SMILES string of the molecule is CC(C)[C@H](NS(=O)(=O)c1cccc(Cl)c1)C(=O)Nc1ccc(F)c(F)c1. The van der Waals surface area contributed by atoms with Crippen LogP contribution in [0.1, 0.15) is 13.8 Å². The van der Waals surface area contributed by atoms with Gasteiger partial charge >= 0.3 is 0 Å². The first-order valence-corrected chi connectivity index (χ1v) is 9.50. The van der Waals surface area contributed by atoms with Gasteiger partial charge in [-0.15, -0.1) is 0 Å². The minimum Gasteiger partial charge on any atom is -0.325 e. The van der Waals surface area contributed by atoms with Crippen LogP contribution in [0.15, 0.2) is 47.4 Å². The largest absolute Gasteiger partial charge is 0.325 e. The van der Waals surface area contributed by atoms with Crippen molar-refractivity contribution in [1.82, 2.24) is 4.72 Å². The Kier molecular flexibility index (Phi) is 6.33. The highest BCUT2D eigenvalue weighted by Crippen LogP contribution is 2.18. The molecule has 0 aliphatic rings. The second-order valence-electron chi connectivity index (χ2n) is 5.92. The molecule has 5 nitrogen and oxygen atoms in total. The molecule has 0 aromatic heterocycles. The standard InChI is InChI=1S/C17H17ClF2N2O3S/c1-10(2)16(17(23)21-12-6-7-14(19)15(20)9-12)22-26(24,25)13-5-3-4-11(18)8-13/h3-10,16,22H,1-2H3,(H,21,23)/t16-/m0/s1. The summed E-state index contributed by atoms with van der Waals surface area (Å²) in [5, 5.41) is 2.61. The Bertz CT molecular complexity index is 920. The molecule has 1 amide bonds. The van der Waals surface area contributed by atoms with Crippen molar-refractivity contribution >= 4 is 33.2 Å². The molecule has 2 aromatic carbocycles. The zero-order valence-electron chi connectivity index (χ0n) is 14.0. The van der Waals surface area contributed by atoms with Gasteiger partial charge in [0.25, 0.3) is 0 Å². The molecule has 0 aliphatic heterocycles. The fourth-order valence-corrected chi connectivity index (χ4v) is 3.80. The smallest absolute Gasteiger partial charge is 0.242 e. The number of halogens is 3. The fourth-order valence-electron chi connectivity index (χ4n) is 2.16. The maximum Gasteiger partial charge on any atom is 0.242 e. The number of amides is 1. The van der Waals surface area contributed by atoms with Gasteiger partial charge in [-0.1, -0.05) is 31.5 Å². The lowest BCUT2D eigenvalue weighted by Gasteiger charge is -2.21. The second-order valence-corrected chi connectivity index (χ2v) is 8.07. The number of rotatable bonds is 6. The number of benzene rings is 2. The van der Waals surface area contributed by atoms with Crippen LogP contribution in [0.2, 0.25) is 5.02 Å². The summed E-state index contributed by atoms with van der Waals surface area (Å²) in [5.41, 5.74) is 0.0153. The Labute approximate surface area is 155 Å². The third kappa shape index (κ3) is 5.00. The summed E-state index contributed by atoms with van der Waals surface area (Å²) >= 11 is 5.81. The van der Waals surface area contributed by atoms with Gasteiger partial charge < -0.3 is 5.32 Å². The van der Waals surface area contributed by atoms with Gasteiger partial charge in [0.05, 0.1) is 4.90 Å². The number of hydrogen-bond donors (Lipinski definition) is 2. The first-order valence-electron chi connectivity index (χ1n) is 7.64. The van der Waals surface area contributed by atoms with E-state index >= 15 is 0 Å². The lowest BCUT2D eigenvalue weighted by atomic mass is 10.0. The van der Waals surface area contributed by atoms with Crippen LogP contribution in [0.3, 0.4) is 0 Å². The molecule has 1 atom stereocenters. The summed E-state index contributed by atoms with van der Waals surface area (Å²) in [6.07, 6.45) is 0. The van der Waals surface area contributed by atoms with Gasteiger partial charge in [-0.3, -0.25) is 4.79 Å². The highest BCUT2D eigenvalue weighted by atomic mass is 35.5. The number of anilines is 1. The quantitative estimate of drug-likeness (QED) is 0.775. The Morgan fingerprint density at radius 2 is 1.77 bits per heavy atom. The molecule has 2 rings (SSSR count). The average Bonchev–Trinajstić information content (AvgIpc) is 2.56. The Morgan fingerprint density at radius 3 is 2.35 bits per heavy atom. The van der Waals surface area contributed by atoms with Crippen molar-refractivity contribution in [3.05, 3.63) is 59.1 Å². The van der Waals surface area contributed by atoms with Crippen LogP contribution in [-0.2, 0) is 14.8 Å². The van der Waals surface area contributed by atoms with Crippen molar-refractivity contribution in [2.75, 3.05) is 5.32 Å². The summed E-state index contributed by atoms with van der Waals surface area (Å²) in [4.78, 5) is 12.4. The molecule has 0 saturated heterocycles. The van der Waals surface area contributed by atoms with Gasteiger partial charge in [0, 0.05) is 16.8 Å². The molecule has 0 heterocycles. The minimum absolute atomic E-state index is 0.0153. The van der Waals surface area contributed by atoms with Gasteiger partial charge in [0.1, 0.15) is 6.04 Å². The van der Waals surface area contributed by atoms with E-state index in [-0.39, 0.29) is 15.6 Å². The predicted molar refractivity (Wildman–Crippen MR) is 95.4 cm³/mol. The van der Waals surface area contributed by atoms with Gasteiger partial charge in [-0.05, 0) is 36.2 Å². The fraction of sp³-hybridized carbons (Fsp3) is 0.235. The molecule has 0 radical (unpaired) electrons. The molecule has 0 spiro atoms. The van der Waals surface area contributed by atoms with Gasteiger partial charge in [0.2, 0.25) is 15.9 Å².